The molecule has 15 heavy (non-hydrogen) atoms. The molecule has 4 heteroatoms. The fourth-order valence-electron chi connectivity index (χ4n) is 1.28. The highest BCUT2D eigenvalue weighted by Crippen LogP contribution is 2.06. The molecule has 0 fully saturated rings. The molecule has 0 aliphatic rings. The molecule has 84 valence electrons. The van der Waals surface area contributed by atoms with Crippen molar-refractivity contribution in [3.8, 4) is 0 Å². The molecule has 0 aliphatic carbocycles. The van der Waals surface area contributed by atoms with Crippen LogP contribution in [-0.2, 0) is 6.42 Å². The van der Waals surface area contributed by atoms with Gasteiger partial charge in [0.2, 0.25) is 5.95 Å². The average Bonchev–Trinajstić information content (AvgIpc) is 2.16. The van der Waals surface area contributed by atoms with E-state index in [0.717, 1.165) is 6.42 Å². The monoisotopic (exact) mass is 208 g/mol. The fraction of sp³-hybridized carbons (Fsp3) is 0.636. The summed E-state index contributed by atoms with van der Waals surface area (Å²) in [6.45, 7) is 7.01. The summed E-state index contributed by atoms with van der Waals surface area (Å²) in [6, 6.07) is 0.115. The number of hydrogen-bond acceptors (Lipinski definition) is 4. The van der Waals surface area contributed by atoms with E-state index in [1.165, 1.54) is 5.56 Å². The molecule has 1 unspecified atom stereocenters. The lowest BCUT2D eigenvalue weighted by Crippen LogP contribution is -2.25. The van der Waals surface area contributed by atoms with Crippen LogP contribution in [0.2, 0.25) is 0 Å². The minimum atomic E-state index is 0.115. The number of nitrogens with one attached hydrogen (secondary N) is 1. The Labute approximate surface area is 91.3 Å². The van der Waals surface area contributed by atoms with E-state index < -0.39 is 0 Å². The molecule has 0 saturated carbocycles. The quantitative estimate of drug-likeness (QED) is 0.768. The van der Waals surface area contributed by atoms with Crippen molar-refractivity contribution in [2.45, 2.75) is 33.2 Å². The molecule has 0 aromatic carbocycles. The van der Waals surface area contributed by atoms with Gasteiger partial charge in [0.15, 0.2) is 0 Å². The zero-order chi connectivity index (χ0) is 11.3. The molecule has 0 bridgehead atoms. The maximum atomic E-state index is 5.62. The Balaban J connectivity index is 2.49. The summed E-state index contributed by atoms with van der Waals surface area (Å²) >= 11 is 0. The van der Waals surface area contributed by atoms with Crippen LogP contribution in [0.3, 0.4) is 0 Å². The first-order chi connectivity index (χ1) is 7.08. The molecule has 1 atom stereocenters. The first kappa shape index (κ1) is 11.9. The number of rotatable bonds is 5. The Morgan fingerprint density at radius 2 is 1.87 bits per heavy atom. The van der Waals surface area contributed by atoms with Crippen molar-refractivity contribution in [2.24, 2.45) is 11.7 Å². The molecule has 1 rings (SSSR count). The van der Waals surface area contributed by atoms with Crippen LogP contribution in [0.5, 0.6) is 0 Å². The van der Waals surface area contributed by atoms with Gasteiger partial charge in [-0.1, -0.05) is 13.8 Å². The van der Waals surface area contributed by atoms with Crippen LogP contribution in [0.15, 0.2) is 12.4 Å². The van der Waals surface area contributed by atoms with E-state index in [9.17, 15) is 0 Å². The normalized spacial score (nSPS) is 12.9. The summed E-state index contributed by atoms with van der Waals surface area (Å²) in [5.74, 6) is 1.29. The van der Waals surface area contributed by atoms with E-state index in [1.807, 2.05) is 19.3 Å². The van der Waals surface area contributed by atoms with E-state index >= 15 is 0 Å². The van der Waals surface area contributed by atoms with Gasteiger partial charge < -0.3 is 11.1 Å². The third kappa shape index (κ3) is 4.74. The zero-order valence-electron chi connectivity index (χ0n) is 9.70. The average molecular weight is 208 g/mol. The highest BCUT2D eigenvalue weighted by Gasteiger charge is 2.00. The fourth-order valence-corrected chi connectivity index (χ4v) is 1.28. The molecular weight excluding hydrogens is 188 g/mol. The van der Waals surface area contributed by atoms with Gasteiger partial charge >= 0.3 is 0 Å². The van der Waals surface area contributed by atoms with Crippen LogP contribution in [0.4, 0.5) is 5.95 Å². The number of nitrogens with zero attached hydrogens (tertiary/aromatic N) is 2. The van der Waals surface area contributed by atoms with Gasteiger partial charge in [0.1, 0.15) is 0 Å². The molecule has 0 amide bonds. The Morgan fingerprint density at radius 3 is 2.33 bits per heavy atom. The van der Waals surface area contributed by atoms with Gasteiger partial charge in [-0.3, -0.25) is 0 Å². The van der Waals surface area contributed by atoms with Crippen LogP contribution >= 0.6 is 0 Å². The molecule has 0 radical (unpaired) electrons. The van der Waals surface area contributed by atoms with Crippen LogP contribution in [0, 0.1) is 5.92 Å². The topological polar surface area (TPSA) is 63.8 Å². The van der Waals surface area contributed by atoms with Crippen molar-refractivity contribution in [1.82, 2.24) is 9.97 Å². The van der Waals surface area contributed by atoms with Gasteiger partial charge in [-0.25, -0.2) is 9.97 Å². The summed E-state index contributed by atoms with van der Waals surface area (Å²) in [6.07, 6.45) is 4.76. The molecule has 0 spiro atoms. The summed E-state index contributed by atoms with van der Waals surface area (Å²) in [5.41, 5.74) is 6.80. The minimum absolute atomic E-state index is 0.115. The third-order valence-electron chi connectivity index (χ3n) is 1.93. The van der Waals surface area contributed by atoms with Crippen molar-refractivity contribution in [2.75, 3.05) is 11.9 Å². The van der Waals surface area contributed by atoms with Gasteiger partial charge in [-0.05, 0) is 24.8 Å². The SMILES string of the molecule is CC(C)Cc1cnc(NCC(C)N)nc1. The molecule has 4 nitrogen and oxygen atoms in total. The first-order valence-electron chi connectivity index (χ1n) is 5.38. The van der Waals surface area contributed by atoms with Crippen molar-refractivity contribution in [3.63, 3.8) is 0 Å². The highest BCUT2D eigenvalue weighted by atomic mass is 15.1. The Morgan fingerprint density at radius 1 is 1.27 bits per heavy atom. The summed E-state index contributed by atoms with van der Waals surface area (Å²) in [4.78, 5) is 8.45. The lowest BCUT2D eigenvalue weighted by molar-refractivity contribution is 0.643. The van der Waals surface area contributed by atoms with E-state index in [4.69, 9.17) is 5.73 Å². The molecule has 3 N–H and O–H groups in total. The van der Waals surface area contributed by atoms with E-state index in [-0.39, 0.29) is 6.04 Å². The summed E-state index contributed by atoms with van der Waals surface area (Å²) in [7, 11) is 0. The van der Waals surface area contributed by atoms with Crippen molar-refractivity contribution in [3.05, 3.63) is 18.0 Å². The van der Waals surface area contributed by atoms with Crippen molar-refractivity contribution < 1.29 is 0 Å². The van der Waals surface area contributed by atoms with Gasteiger partial charge in [-0.15, -0.1) is 0 Å². The minimum Gasteiger partial charge on any atom is -0.353 e. The van der Waals surface area contributed by atoms with Gasteiger partial charge in [0.05, 0.1) is 0 Å². The standard InChI is InChI=1S/C11H20N4/c1-8(2)4-10-6-14-11(15-7-10)13-5-9(3)12/h6-9H,4-5,12H2,1-3H3,(H,13,14,15). The summed E-state index contributed by atoms with van der Waals surface area (Å²) < 4.78 is 0. The van der Waals surface area contributed by atoms with Crippen LogP contribution < -0.4 is 11.1 Å². The molecule has 0 saturated heterocycles. The van der Waals surface area contributed by atoms with Gasteiger partial charge in [-0.2, -0.15) is 0 Å². The van der Waals surface area contributed by atoms with Crippen LogP contribution in [0.25, 0.3) is 0 Å². The largest absolute Gasteiger partial charge is 0.353 e. The van der Waals surface area contributed by atoms with Crippen molar-refractivity contribution in [1.29, 1.82) is 0 Å². The van der Waals surface area contributed by atoms with E-state index in [2.05, 4.69) is 29.1 Å². The number of nitrogens with two attached hydrogens (primary N) is 1. The zero-order valence-corrected chi connectivity index (χ0v) is 9.70. The molecule has 1 aromatic rings. The summed E-state index contributed by atoms with van der Waals surface area (Å²) in [5, 5.41) is 3.08. The number of anilines is 1. The lowest BCUT2D eigenvalue weighted by Gasteiger charge is -2.08. The van der Waals surface area contributed by atoms with E-state index in [1.54, 1.807) is 0 Å². The maximum Gasteiger partial charge on any atom is 0.222 e. The molecule has 0 aliphatic heterocycles. The molecular formula is C11H20N4. The number of aromatic nitrogens is 2. The first-order valence-corrected chi connectivity index (χ1v) is 5.38. The highest BCUT2D eigenvalue weighted by molar-refractivity contribution is 5.24. The second-order valence-corrected chi connectivity index (χ2v) is 4.37. The van der Waals surface area contributed by atoms with Gasteiger partial charge in [0.25, 0.3) is 0 Å². The van der Waals surface area contributed by atoms with Gasteiger partial charge in [0, 0.05) is 25.0 Å². The van der Waals surface area contributed by atoms with Crippen molar-refractivity contribution >= 4 is 5.95 Å². The number of hydrogen-bond donors (Lipinski definition) is 2. The molecule has 1 aromatic heterocycles. The molecule has 1 heterocycles. The second-order valence-electron chi connectivity index (χ2n) is 4.37. The smallest absolute Gasteiger partial charge is 0.222 e. The third-order valence-corrected chi connectivity index (χ3v) is 1.93. The predicted molar refractivity (Wildman–Crippen MR) is 62.7 cm³/mol. The Bertz CT molecular complexity index is 279. The predicted octanol–water partition coefficient (Wildman–Crippen LogP) is 1.43. The Kier molecular flexibility index (Phi) is 4.49. The second kappa shape index (κ2) is 5.66. The Hall–Kier alpha value is -1.16. The van der Waals surface area contributed by atoms with E-state index in [0.29, 0.717) is 18.4 Å². The lowest BCUT2D eigenvalue weighted by atomic mass is 10.1. The van der Waals surface area contributed by atoms with Crippen LogP contribution in [-0.4, -0.2) is 22.6 Å². The van der Waals surface area contributed by atoms with Crippen LogP contribution in [0.1, 0.15) is 26.3 Å². The maximum absolute atomic E-state index is 5.62.